The Labute approximate surface area is 102 Å². The summed E-state index contributed by atoms with van der Waals surface area (Å²) < 4.78 is 13.0. The van der Waals surface area contributed by atoms with Crippen molar-refractivity contribution in [3.63, 3.8) is 0 Å². The van der Waals surface area contributed by atoms with E-state index in [0.717, 1.165) is 5.56 Å². The van der Waals surface area contributed by atoms with Crippen molar-refractivity contribution in [1.29, 1.82) is 0 Å². The van der Waals surface area contributed by atoms with Gasteiger partial charge in [0.25, 0.3) is 0 Å². The van der Waals surface area contributed by atoms with Crippen molar-refractivity contribution in [3.05, 3.63) is 35.6 Å². The second kappa shape index (κ2) is 5.41. The minimum atomic E-state index is -0.359. The molecule has 0 aliphatic rings. The normalized spacial score (nSPS) is 11.9. The second-order valence-electron chi connectivity index (χ2n) is 5.24. The molecule has 17 heavy (non-hydrogen) atoms. The molecule has 0 radical (unpaired) electrons. The Hall–Kier alpha value is -1.22. The van der Waals surface area contributed by atoms with Crippen LogP contribution in [0.15, 0.2) is 24.3 Å². The molecule has 0 spiro atoms. The largest absolute Gasteiger partial charge is 0.301 e. The lowest BCUT2D eigenvalue weighted by molar-refractivity contribution is -0.125. The summed E-state index contributed by atoms with van der Waals surface area (Å²) in [4.78, 5) is 13.5. The van der Waals surface area contributed by atoms with Crippen molar-refractivity contribution < 1.29 is 9.18 Å². The van der Waals surface area contributed by atoms with Gasteiger partial charge in [0.1, 0.15) is 11.6 Å². The number of rotatable bonds is 5. The van der Waals surface area contributed by atoms with Crippen LogP contribution in [0.25, 0.3) is 0 Å². The smallest absolute Gasteiger partial charge is 0.136 e. The number of carbonyl (C=O) groups excluding carboxylic acids is 1. The highest BCUT2D eigenvalue weighted by atomic mass is 19.1. The molecule has 0 saturated carbocycles. The van der Waals surface area contributed by atoms with Crippen molar-refractivity contribution in [2.24, 2.45) is 5.41 Å². The highest BCUT2D eigenvalue weighted by Gasteiger charge is 2.25. The van der Waals surface area contributed by atoms with Gasteiger partial charge in [-0.2, -0.15) is 0 Å². The number of Topliss-reactive ketones (excluding diaryl/α,β-unsaturated/α-hetero) is 1. The van der Waals surface area contributed by atoms with E-state index >= 15 is 0 Å². The number of benzene rings is 1. The molecule has 0 aliphatic heterocycles. The van der Waals surface area contributed by atoms with Gasteiger partial charge in [0.15, 0.2) is 0 Å². The first kappa shape index (κ1) is 13.8. The number of hydrogen-bond donors (Lipinski definition) is 0. The zero-order valence-electron chi connectivity index (χ0n) is 11.0. The Morgan fingerprint density at radius 3 is 2.59 bits per heavy atom. The van der Waals surface area contributed by atoms with E-state index < -0.39 is 0 Å². The lowest BCUT2D eigenvalue weighted by atomic mass is 9.88. The van der Waals surface area contributed by atoms with E-state index in [2.05, 4.69) is 0 Å². The molecule has 0 amide bonds. The number of ketones is 1. The summed E-state index contributed by atoms with van der Waals surface area (Å²) >= 11 is 0. The standard InChI is InChI=1S/C14H20FNO/c1-11(17)14(2,3)10-16(4)9-12-6-5-7-13(15)8-12/h5-8H,9-10H2,1-4H3. The highest BCUT2D eigenvalue weighted by molar-refractivity contribution is 5.81. The summed E-state index contributed by atoms with van der Waals surface area (Å²) in [6, 6.07) is 6.55. The zero-order valence-corrected chi connectivity index (χ0v) is 11.0. The third-order valence-electron chi connectivity index (χ3n) is 2.96. The minimum absolute atomic E-state index is 0.170. The molecule has 0 atom stereocenters. The molecular weight excluding hydrogens is 217 g/mol. The van der Waals surface area contributed by atoms with Crippen molar-refractivity contribution >= 4 is 5.78 Å². The van der Waals surface area contributed by atoms with Gasteiger partial charge in [0.05, 0.1) is 0 Å². The first-order valence-corrected chi connectivity index (χ1v) is 5.75. The summed E-state index contributed by atoms with van der Waals surface area (Å²) in [6.45, 7) is 6.78. The van der Waals surface area contributed by atoms with Gasteiger partial charge in [-0.05, 0) is 31.7 Å². The number of nitrogens with zero attached hydrogens (tertiary/aromatic N) is 1. The van der Waals surface area contributed by atoms with Crippen LogP contribution in [0.3, 0.4) is 0 Å². The maximum absolute atomic E-state index is 13.0. The fraction of sp³-hybridized carbons (Fsp3) is 0.500. The van der Waals surface area contributed by atoms with Gasteiger partial charge in [-0.1, -0.05) is 26.0 Å². The van der Waals surface area contributed by atoms with Crippen LogP contribution in [0.4, 0.5) is 4.39 Å². The van der Waals surface area contributed by atoms with E-state index in [1.54, 1.807) is 13.0 Å². The van der Waals surface area contributed by atoms with Gasteiger partial charge < -0.3 is 4.90 Å². The predicted molar refractivity (Wildman–Crippen MR) is 67.2 cm³/mol. The maximum Gasteiger partial charge on any atom is 0.136 e. The molecule has 0 heterocycles. The molecule has 0 aromatic heterocycles. The fourth-order valence-electron chi connectivity index (χ4n) is 1.79. The third kappa shape index (κ3) is 4.27. The Balaban J connectivity index is 2.61. The molecule has 1 aromatic rings. The first-order chi connectivity index (χ1) is 7.81. The highest BCUT2D eigenvalue weighted by Crippen LogP contribution is 2.18. The fourth-order valence-corrected chi connectivity index (χ4v) is 1.79. The molecule has 1 rings (SSSR count). The van der Waals surface area contributed by atoms with E-state index in [1.807, 2.05) is 31.9 Å². The number of carbonyl (C=O) groups is 1. The number of hydrogen-bond acceptors (Lipinski definition) is 2. The molecular formula is C14H20FNO. The van der Waals surface area contributed by atoms with Crippen LogP contribution in [0, 0.1) is 11.2 Å². The van der Waals surface area contributed by atoms with E-state index in [9.17, 15) is 9.18 Å². The molecule has 0 unspecified atom stereocenters. The summed E-state index contributed by atoms with van der Waals surface area (Å²) in [5.41, 5.74) is 0.564. The monoisotopic (exact) mass is 237 g/mol. The van der Waals surface area contributed by atoms with Crippen molar-refractivity contribution in [3.8, 4) is 0 Å². The lowest BCUT2D eigenvalue weighted by Gasteiger charge is -2.28. The Kier molecular flexibility index (Phi) is 4.40. The minimum Gasteiger partial charge on any atom is -0.301 e. The van der Waals surface area contributed by atoms with Crippen LogP contribution in [-0.2, 0) is 11.3 Å². The second-order valence-corrected chi connectivity index (χ2v) is 5.24. The average molecular weight is 237 g/mol. The van der Waals surface area contributed by atoms with E-state index in [1.165, 1.54) is 12.1 Å². The molecule has 0 saturated heterocycles. The zero-order chi connectivity index (χ0) is 13.1. The van der Waals surface area contributed by atoms with Crippen molar-refractivity contribution in [2.45, 2.75) is 27.3 Å². The van der Waals surface area contributed by atoms with Crippen molar-refractivity contribution in [2.75, 3.05) is 13.6 Å². The van der Waals surface area contributed by atoms with Crippen LogP contribution < -0.4 is 0 Å². The summed E-state index contributed by atoms with van der Waals surface area (Å²) in [5.74, 6) is -0.0506. The Bertz CT molecular complexity index is 401. The van der Waals surface area contributed by atoms with Crippen LogP contribution >= 0.6 is 0 Å². The number of halogens is 1. The molecule has 0 N–H and O–H groups in total. The molecule has 1 aromatic carbocycles. The Morgan fingerprint density at radius 1 is 1.41 bits per heavy atom. The van der Waals surface area contributed by atoms with Gasteiger partial charge in [0.2, 0.25) is 0 Å². The van der Waals surface area contributed by atoms with Crippen LogP contribution in [0.5, 0.6) is 0 Å². The molecule has 0 aliphatic carbocycles. The molecule has 94 valence electrons. The van der Waals surface area contributed by atoms with Crippen LogP contribution in [0.2, 0.25) is 0 Å². The summed E-state index contributed by atoms with van der Waals surface area (Å²) in [5, 5.41) is 0. The molecule has 0 fully saturated rings. The van der Waals surface area contributed by atoms with Crippen molar-refractivity contribution in [1.82, 2.24) is 4.90 Å². The SMILES string of the molecule is CC(=O)C(C)(C)CN(C)Cc1cccc(F)c1. The van der Waals surface area contributed by atoms with E-state index in [0.29, 0.717) is 13.1 Å². The maximum atomic E-state index is 13.0. The van der Waals surface area contributed by atoms with Gasteiger partial charge in [0, 0.05) is 18.5 Å². The van der Waals surface area contributed by atoms with Gasteiger partial charge in [-0.25, -0.2) is 4.39 Å². The van der Waals surface area contributed by atoms with E-state index in [-0.39, 0.29) is 17.0 Å². The van der Waals surface area contributed by atoms with Gasteiger partial charge >= 0.3 is 0 Å². The molecule has 2 nitrogen and oxygen atoms in total. The van der Waals surface area contributed by atoms with E-state index in [4.69, 9.17) is 0 Å². The van der Waals surface area contributed by atoms with Gasteiger partial charge in [-0.3, -0.25) is 4.79 Å². The molecule has 3 heteroatoms. The van der Waals surface area contributed by atoms with Crippen LogP contribution in [-0.4, -0.2) is 24.3 Å². The average Bonchev–Trinajstić information content (AvgIpc) is 2.15. The topological polar surface area (TPSA) is 20.3 Å². The third-order valence-corrected chi connectivity index (χ3v) is 2.96. The van der Waals surface area contributed by atoms with Crippen LogP contribution in [0.1, 0.15) is 26.3 Å². The lowest BCUT2D eigenvalue weighted by Crippen LogP contribution is -2.35. The van der Waals surface area contributed by atoms with Gasteiger partial charge in [-0.15, -0.1) is 0 Å². The summed E-state index contributed by atoms with van der Waals surface area (Å²) in [7, 11) is 1.94. The summed E-state index contributed by atoms with van der Waals surface area (Å²) in [6.07, 6.45) is 0. The Morgan fingerprint density at radius 2 is 2.06 bits per heavy atom. The first-order valence-electron chi connectivity index (χ1n) is 5.75. The quantitative estimate of drug-likeness (QED) is 0.785. The molecule has 0 bridgehead atoms. The predicted octanol–water partition coefficient (Wildman–Crippen LogP) is 2.87.